The summed E-state index contributed by atoms with van der Waals surface area (Å²) in [6.07, 6.45) is 18.9. The van der Waals surface area contributed by atoms with Crippen LogP contribution in [0.1, 0.15) is 84.0 Å². The van der Waals surface area contributed by atoms with Gasteiger partial charge in [0, 0.05) is 0 Å². The molecule has 0 saturated heterocycles. The van der Waals surface area contributed by atoms with Gasteiger partial charge in [0.05, 0.1) is 0 Å². The van der Waals surface area contributed by atoms with Crippen LogP contribution < -0.4 is 0 Å². The first-order valence-corrected chi connectivity index (χ1v) is 9.34. The van der Waals surface area contributed by atoms with E-state index in [0.717, 1.165) is 35.0 Å². The molecule has 108 valence electrons. The van der Waals surface area contributed by atoms with Crippen molar-refractivity contribution in [1.82, 2.24) is 0 Å². The van der Waals surface area contributed by atoms with E-state index in [4.69, 9.17) is 0 Å². The first kappa shape index (κ1) is 12.7. The van der Waals surface area contributed by atoms with Gasteiger partial charge >= 0.3 is 0 Å². The minimum atomic E-state index is 0.808. The molecule has 6 atom stereocenters. The van der Waals surface area contributed by atoms with Gasteiger partial charge in [0.15, 0.2) is 0 Å². The molecule has 0 nitrogen and oxygen atoms in total. The van der Waals surface area contributed by atoms with Crippen LogP contribution in [0.5, 0.6) is 0 Å². The lowest BCUT2D eigenvalue weighted by Gasteiger charge is -2.55. The van der Waals surface area contributed by atoms with Gasteiger partial charge < -0.3 is 0 Å². The van der Waals surface area contributed by atoms with Gasteiger partial charge in [-0.05, 0) is 80.0 Å². The van der Waals surface area contributed by atoms with Crippen molar-refractivity contribution in [2.75, 3.05) is 0 Å². The van der Waals surface area contributed by atoms with Crippen molar-refractivity contribution in [3.63, 3.8) is 0 Å². The molecule has 0 radical (unpaired) electrons. The van der Waals surface area contributed by atoms with Gasteiger partial charge in [-0.1, -0.05) is 39.0 Å². The summed E-state index contributed by atoms with van der Waals surface area (Å²) in [5.74, 6) is 5.74. The monoisotopic (exact) mass is 260 g/mol. The van der Waals surface area contributed by atoms with Crippen LogP contribution in [0.15, 0.2) is 0 Å². The molecule has 0 aliphatic heterocycles. The van der Waals surface area contributed by atoms with E-state index in [1.54, 1.807) is 70.6 Å². The lowest BCUT2D eigenvalue weighted by Crippen LogP contribution is -2.47. The molecule has 0 aromatic carbocycles. The predicted octanol–water partition coefficient (Wildman–Crippen LogP) is 5.81. The van der Waals surface area contributed by atoms with Gasteiger partial charge in [0.25, 0.3) is 0 Å². The maximum atomic E-state index is 2.49. The van der Waals surface area contributed by atoms with Crippen LogP contribution in [-0.2, 0) is 0 Å². The first-order chi connectivity index (χ1) is 9.34. The van der Waals surface area contributed by atoms with Crippen molar-refractivity contribution in [3.8, 4) is 0 Å². The molecule has 19 heavy (non-hydrogen) atoms. The third-order valence-corrected chi connectivity index (χ3v) is 8.11. The molecule has 0 N–H and O–H groups in total. The highest BCUT2D eigenvalue weighted by Crippen LogP contribution is 2.63. The molecular weight excluding hydrogens is 228 g/mol. The van der Waals surface area contributed by atoms with Crippen molar-refractivity contribution in [1.29, 1.82) is 0 Å². The van der Waals surface area contributed by atoms with E-state index < -0.39 is 0 Å². The quantitative estimate of drug-likeness (QED) is 0.558. The molecule has 0 aromatic rings. The Hall–Kier alpha value is 0. The van der Waals surface area contributed by atoms with Crippen LogP contribution >= 0.6 is 0 Å². The Labute approximate surface area is 119 Å². The molecule has 0 amide bonds. The Kier molecular flexibility index (Phi) is 3.20. The van der Waals surface area contributed by atoms with Gasteiger partial charge in [0.1, 0.15) is 0 Å². The zero-order chi connectivity index (χ0) is 12.9. The highest BCUT2D eigenvalue weighted by atomic mass is 14.6. The number of hydrogen-bond acceptors (Lipinski definition) is 0. The summed E-state index contributed by atoms with van der Waals surface area (Å²) < 4.78 is 0. The maximum absolute atomic E-state index is 2.49. The van der Waals surface area contributed by atoms with Crippen LogP contribution in [0.3, 0.4) is 0 Å². The van der Waals surface area contributed by atoms with Crippen LogP contribution in [-0.4, -0.2) is 0 Å². The minimum absolute atomic E-state index is 0.808. The Morgan fingerprint density at radius 2 is 1.63 bits per heavy atom. The third kappa shape index (κ3) is 1.84. The van der Waals surface area contributed by atoms with E-state index in [1.165, 1.54) is 6.42 Å². The highest BCUT2D eigenvalue weighted by molar-refractivity contribution is 5.03. The zero-order valence-corrected chi connectivity index (χ0v) is 12.9. The van der Waals surface area contributed by atoms with E-state index >= 15 is 0 Å². The molecule has 0 aromatic heterocycles. The first-order valence-electron chi connectivity index (χ1n) is 9.34. The average Bonchev–Trinajstić information content (AvgIpc) is 2.91. The summed E-state index contributed by atoms with van der Waals surface area (Å²) in [5.41, 5.74) is 0.808. The predicted molar refractivity (Wildman–Crippen MR) is 81.0 cm³/mol. The molecule has 4 saturated carbocycles. The van der Waals surface area contributed by atoms with E-state index in [-0.39, 0.29) is 0 Å². The maximum Gasteiger partial charge on any atom is -0.0269 e. The van der Waals surface area contributed by atoms with Crippen LogP contribution in [0.4, 0.5) is 0 Å². The summed E-state index contributed by atoms with van der Waals surface area (Å²) >= 11 is 0. The Balaban J connectivity index is 1.58. The molecule has 4 fully saturated rings. The van der Waals surface area contributed by atoms with Crippen molar-refractivity contribution in [2.24, 2.45) is 35.0 Å². The van der Waals surface area contributed by atoms with Crippen LogP contribution in [0, 0.1) is 35.0 Å². The molecule has 4 aliphatic rings. The van der Waals surface area contributed by atoms with Crippen LogP contribution in [0.2, 0.25) is 0 Å². The normalized spacial score (nSPS) is 53.2. The SMILES string of the molecule is CC[C@@]12CCC[C@H]1[C@@H]1CC[C@H]3CCCC[C@@H]3[C@H]1CC2. The molecule has 0 spiro atoms. The Morgan fingerprint density at radius 3 is 2.53 bits per heavy atom. The van der Waals surface area contributed by atoms with Crippen molar-refractivity contribution in [3.05, 3.63) is 0 Å². The van der Waals surface area contributed by atoms with Crippen molar-refractivity contribution >= 4 is 0 Å². The molecule has 4 aliphatic carbocycles. The molecule has 0 unspecified atom stereocenters. The zero-order valence-electron chi connectivity index (χ0n) is 12.9. The summed E-state index contributed by atoms with van der Waals surface area (Å²) in [4.78, 5) is 0. The van der Waals surface area contributed by atoms with E-state index in [2.05, 4.69) is 6.92 Å². The Bertz CT molecular complexity index is 333. The van der Waals surface area contributed by atoms with Gasteiger partial charge in [-0.25, -0.2) is 0 Å². The summed E-state index contributed by atoms with van der Waals surface area (Å²) in [7, 11) is 0. The second kappa shape index (κ2) is 4.78. The van der Waals surface area contributed by atoms with Gasteiger partial charge in [-0.2, -0.15) is 0 Å². The molecule has 0 heterocycles. The van der Waals surface area contributed by atoms with E-state index in [1.807, 2.05) is 0 Å². The number of hydrogen-bond donors (Lipinski definition) is 0. The van der Waals surface area contributed by atoms with Gasteiger partial charge in [0.2, 0.25) is 0 Å². The molecule has 0 bridgehead atoms. The lowest BCUT2D eigenvalue weighted by atomic mass is 9.50. The molecule has 4 rings (SSSR count). The fourth-order valence-corrected chi connectivity index (χ4v) is 7.24. The van der Waals surface area contributed by atoms with Crippen molar-refractivity contribution < 1.29 is 0 Å². The van der Waals surface area contributed by atoms with E-state index in [9.17, 15) is 0 Å². The second-order valence-corrected chi connectivity index (χ2v) is 8.37. The fourth-order valence-electron chi connectivity index (χ4n) is 7.24. The molecule has 0 heteroatoms. The summed E-state index contributed by atoms with van der Waals surface area (Å²) in [5, 5.41) is 0. The van der Waals surface area contributed by atoms with Crippen molar-refractivity contribution in [2.45, 2.75) is 84.0 Å². The van der Waals surface area contributed by atoms with Gasteiger partial charge in [-0.3, -0.25) is 0 Å². The summed E-state index contributed by atoms with van der Waals surface area (Å²) in [6.45, 7) is 2.49. The number of fused-ring (bicyclic) bond motifs is 5. The van der Waals surface area contributed by atoms with Crippen LogP contribution in [0.25, 0.3) is 0 Å². The smallest absolute Gasteiger partial charge is 0.0269 e. The summed E-state index contributed by atoms with van der Waals surface area (Å²) in [6, 6.07) is 0. The molecular formula is C19H32. The Morgan fingerprint density at radius 1 is 0.737 bits per heavy atom. The average molecular weight is 260 g/mol. The highest BCUT2D eigenvalue weighted by Gasteiger charge is 2.54. The minimum Gasteiger partial charge on any atom is -0.0648 e. The van der Waals surface area contributed by atoms with Gasteiger partial charge in [-0.15, -0.1) is 0 Å². The largest absolute Gasteiger partial charge is 0.0648 e. The topological polar surface area (TPSA) is 0 Å². The lowest BCUT2D eigenvalue weighted by molar-refractivity contribution is -0.0573. The standard InChI is InChI=1S/C19H32/c1-2-19-12-5-8-18(19)17-10-9-14-6-3-4-7-15(14)16(17)11-13-19/h14-18H,2-13H2,1H3/t14-,15+,16-,17-,18+,19+/m1/s1. The fraction of sp³-hybridized carbons (Fsp3) is 1.00. The van der Waals surface area contributed by atoms with E-state index in [0.29, 0.717) is 0 Å². The second-order valence-electron chi connectivity index (χ2n) is 8.37. The number of rotatable bonds is 1. The third-order valence-electron chi connectivity index (χ3n) is 8.11.